The van der Waals surface area contributed by atoms with Crippen LogP contribution in [0.25, 0.3) is 0 Å². The normalized spacial score (nSPS) is 10.4. The molecule has 0 heterocycles. The van der Waals surface area contributed by atoms with Crippen molar-refractivity contribution in [3.05, 3.63) is 59.4 Å². The fourth-order valence-electron chi connectivity index (χ4n) is 2.35. The van der Waals surface area contributed by atoms with Gasteiger partial charge < -0.3 is 10.6 Å². The largest absolute Gasteiger partial charge is 0.326 e. The van der Waals surface area contributed by atoms with E-state index in [2.05, 4.69) is 10.6 Å². The molecule has 0 saturated heterocycles. The van der Waals surface area contributed by atoms with Gasteiger partial charge in [-0.25, -0.2) is 4.39 Å². The van der Waals surface area contributed by atoms with Crippen molar-refractivity contribution < 1.29 is 14.0 Å². The number of hydrogen-bond acceptors (Lipinski definition) is 3. The molecule has 2 N–H and O–H groups in total. The number of hydrogen-bond donors (Lipinski definition) is 2. The molecule has 0 spiro atoms. The topological polar surface area (TPSA) is 58.2 Å². The molecular formula is C20H23FN2O2S. The van der Waals surface area contributed by atoms with Gasteiger partial charge in [0.1, 0.15) is 5.82 Å². The van der Waals surface area contributed by atoms with E-state index in [1.54, 1.807) is 19.1 Å². The summed E-state index contributed by atoms with van der Waals surface area (Å²) in [5.41, 5.74) is 2.88. The molecule has 4 nitrogen and oxygen atoms in total. The Bertz CT molecular complexity index is 780. The lowest BCUT2D eigenvalue weighted by Crippen LogP contribution is -2.16. The second kappa shape index (κ2) is 9.97. The van der Waals surface area contributed by atoms with Crippen LogP contribution in [0.2, 0.25) is 0 Å². The lowest BCUT2D eigenvalue weighted by Gasteiger charge is -2.07. The number of thioether (sulfide) groups is 1. The summed E-state index contributed by atoms with van der Waals surface area (Å²) in [5.74, 6) is 0.193. The molecule has 0 aliphatic rings. The molecule has 0 aliphatic heterocycles. The van der Waals surface area contributed by atoms with Crippen LogP contribution >= 0.6 is 11.8 Å². The van der Waals surface area contributed by atoms with Crippen molar-refractivity contribution in [1.29, 1.82) is 0 Å². The van der Waals surface area contributed by atoms with Crippen LogP contribution < -0.4 is 10.6 Å². The highest BCUT2D eigenvalue weighted by Gasteiger charge is 2.08. The first-order valence-electron chi connectivity index (χ1n) is 8.44. The number of amides is 2. The van der Waals surface area contributed by atoms with Gasteiger partial charge in [0.05, 0.1) is 11.4 Å². The molecule has 0 radical (unpaired) electrons. The molecule has 0 unspecified atom stereocenters. The fourth-order valence-corrected chi connectivity index (χ4v) is 3.10. The number of aryl methyl sites for hydroxylation is 2. The van der Waals surface area contributed by atoms with Crippen LogP contribution in [0.1, 0.15) is 24.0 Å². The molecule has 2 rings (SSSR count). The van der Waals surface area contributed by atoms with Gasteiger partial charge in [-0.1, -0.05) is 18.2 Å². The van der Waals surface area contributed by atoms with E-state index < -0.39 is 5.82 Å². The lowest BCUT2D eigenvalue weighted by atomic mass is 10.2. The Kier molecular flexibility index (Phi) is 7.66. The number of carbonyl (C=O) groups is 2. The predicted molar refractivity (Wildman–Crippen MR) is 106 cm³/mol. The second-order valence-electron chi connectivity index (χ2n) is 6.11. The Balaban J connectivity index is 1.62. The highest BCUT2D eigenvalue weighted by atomic mass is 32.2. The molecular weight excluding hydrogens is 351 g/mol. The Morgan fingerprint density at radius 1 is 1.00 bits per heavy atom. The monoisotopic (exact) mass is 374 g/mol. The maximum absolute atomic E-state index is 13.7. The summed E-state index contributed by atoms with van der Waals surface area (Å²) in [4.78, 5) is 23.7. The number of carbonyl (C=O) groups excluding carboxylic acids is 2. The summed E-state index contributed by atoms with van der Waals surface area (Å²) < 4.78 is 13.7. The van der Waals surface area contributed by atoms with E-state index in [0.29, 0.717) is 18.6 Å². The third-order valence-electron chi connectivity index (χ3n) is 3.63. The molecule has 2 amide bonds. The van der Waals surface area contributed by atoms with Crippen molar-refractivity contribution in [1.82, 2.24) is 0 Å². The molecule has 6 heteroatoms. The number of benzene rings is 2. The average molecular weight is 374 g/mol. The van der Waals surface area contributed by atoms with E-state index in [0.717, 1.165) is 16.8 Å². The quantitative estimate of drug-likeness (QED) is 0.667. The maximum atomic E-state index is 13.7. The van der Waals surface area contributed by atoms with Gasteiger partial charge in [0.15, 0.2) is 0 Å². The van der Waals surface area contributed by atoms with Crippen LogP contribution in [0, 0.1) is 19.7 Å². The van der Waals surface area contributed by atoms with E-state index in [4.69, 9.17) is 0 Å². The van der Waals surface area contributed by atoms with Crippen molar-refractivity contribution >= 4 is 35.0 Å². The summed E-state index contributed by atoms with van der Waals surface area (Å²) in [6.45, 7) is 3.76. The number of halogens is 1. The van der Waals surface area contributed by atoms with Crippen molar-refractivity contribution in [3.8, 4) is 0 Å². The minimum absolute atomic E-state index is 0.0395. The van der Waals surface area contributed by atoms with Crippen LogP contribution in [0.4, 0.5) is 15.8 Å². The Hall–Kier alpha value is -2.34. The van der Waals surface area contributed by atoms with Gasteiger partial charge in [0.25, 0.3) is 0 Å². The molecule has 0 aromatic heterocycles. The summed E-state index contributed by atoms with van der Waals surface area (Å²) in [6.07, 6.45) is 1.07. The van der Waals surface area contributed by atoms with Gasteiger partial charge in [-0.05, 0) is 61.4 Å². The van der Waals surface area contributed by atoms with Crippen molar-refractivity contribution in [2.75, 3.05) is 22.1 Å². The van der Waals surface area contributed by atoms with Crippen molar-refractivity contribution in [2.45, 2.75) is 26.7 Å². The van der Waals surface area contributed by atoms with E-state index in [1.807, 2.05) is 31.2 Å². The number of anilines is 2. The van der Waals surface area contributed by atoms with Crippen molar-refractivity contribution in [3.63, 3.8) is 0 Å². The van der Waals surface area contributed by atoms with Crippen molar-refractivity contribution in [2.24, 2.45) is 0 Å². The van der Waals surface area contributed by atoms with E-state index >= 15 is 0 Å². The third-order valence-corrected chi connectivity index (χ3v) is 4.67. The first-order chi connectivity index (χ1) is 12.4. The smallest absolute Gasteiger partial charge is 0.234 e. The molecule has 0 fully saturated rings. The molecule has 0 atom stereocenters. The van der Waals surface area contributed by atoms with Gasteiger partial charge in [-0.2, -0.15) is 11.8 Å². The molecule has 26 heavy (non-hydrogen) atoms. The molecule has 0 aliphatic carbocycles. The predicted octanol–water partition coefficient (Wildman–Crippen LogP) is 4.53. The standard InChI is InChI=1S/C20H23FN2O2S/c1-14-5-3-6-16(11-14)22-19(24)7-4-10-26-13-20(25)23-18-9-8-15(2)12-17(18)21/h3,5-6,8-9,11-12H,4,7,10,13H2,1-2H3,(H,22,24)(H,23,25). The Labute approximate surface area is 157 Å². The minimum atomic E-state index is -0.434. The summed E-state index contributed by atoms with van der Waals surface area (Å²) in [7, 11) is 0. The highest BCUT2D eigenvalue weighted by molar-refractivity contribution is 7.99. The Morgan fingerprint density at radius 3 is 2.50 bits per heavy atom. The summed E-state index contributed by atoms with van der Waals surface area (Å²) in [6, 6.07) is 12.3. The molecule has 2 aromatic carbocycles. The number of rotatable bonds is 8. The van der Waals surface area contributed by atoms with Crippen LogP contribution in [0.15, 0.2) is 42.5 Å². The van der Waals surface area contributed by atoms with E-state index in [1.165, 1.54) is 17.8 Å². The zero-order valence-electron chi connectivity index (χ0n) is 15.0. The van der Waals surface area contributed by atoms with Gasteiger partial charge in [-0.15, -0.1) is 0 Å². The van der Waals surface area contributed by atoms with Gasteiger partial charge in [-0.3, -0.25) is 9.59 Å². The third kappa shape index (κ3) is 6.88. The maximum Gasteiger partial charge on any atom is 0.234 e. The van der Waals surface area contributed by atoms with Crippen LogP contribution in [-0.2, 0) is 9.59 Å². The zero-order valence-corrected chi connectivity index (χ0v) is 15.8. The Morgan fingerprint density at radius 2 is 1.77 bits per heavy atom. The summed E-state index contributed by atoms with van der Waals surface area (Å²) in [5, 5.41) is 5.42. The van der Waals surface area contributed by atoms with Crippen LogP contribution in [0.3, 0.4) is 0 Å². The van der Waals surface area contributed by atoms with E-state index in [-0.39, 0.29) is 23.3 Å². The summed E-state index contributed by atoms with van der Waals surface area (Å²) >= 11 is 1.43. The van der Waals surface area contributed by atoms with Crippen LogP contribution in [0.5, 0.6) is 0 Å². The first-order valence-corrected chi connectivity index (χ1v) is 9.60. The highest BCUT2D eigenvalue weighted by Crippen LogP contribution is 2.16. The molecule has 0 bridgehead atoms. The van der Waals surface area contributed by atoms with Gasteiger partial charge in [0, 0.05) is 12.1 Å². The van der Waals surface area contributed by atoms with Gasteiger partial charge >= 0.3 is 0 Å². The first kappa shape index (κ1) is 20.0. The van der Waals surface area contributed by atoms with Crippen LogP contribution in [-0.4, -0.2) is 23.3 Å². The number of nitrogens with one attached hydrogen (secondary N) is 2. The lowest BCUT2D eigenvalue weighted by molar-refractivity contribution is -0.116. The zero-order chi connectivity index (χ0) is 18.9. The SMILES string of the molecule is Cc1cccc(NC(=O)CCCSCC(=O)Nc2ccc(C)cc2F)c1. The average Bonchev–Trinajstić information content (AvgIpc) is 2.57. The molecule has 0 saturated carbocycles. The second-order valence-corrected chi connectivity index (χ2v) is 7.21. The molecule has 138 valence electrons. The molecule has 2 aromatic rings. The minimum Gasteiger partial charge on any atom is -0.326 e. The van der Waals surface area contributed by atoms with Gasteiger partial charge in [0.2, 0.25) is 11.8 Å². The fraction of sp³-hybridized carbons (Fsp3) is 0.300. The van der Waals surface area contributed by atoms with E-state index in [9.17, 15) is 14.0 Å².